The molecule has 2 N–H and O–H groups in total. The highest BCUT2D eigenvalue weighted by Crippen LogP contribution is 2.28. The fraction of sp³-hybridized carbons (Fsp3) is 0.250. The number of H-pyrrole nitrogens is 1. The maximum absolute atomic E-state index is 12.1. The lowest BCUT2D eigenvalue weighted by molar-refractivity contribution is -0.143. The first-order chi connectivity index (χ1) is 18.3. The molecule has 0 atom stereocenters. The van der Waals surface area contributed by atoms with E-state index in [0.717, 1.165) is 32.6 Å². The number of carbonyl (C=O) groups excluding carboxylic acids is 1. The van der Waals surface area contributed by atoms with Gasteiger partial charge in [-0.25, -0.2) is 14.6 Å². The SMILES string of the molecule is Cc1cc(OCC(=O)N2CC(O)C2)ccc1-c1cccc(COc2ccc(Cn3oc(=O)[nH]c3=O)cc2)c1. The van der Waals surface area contributed by atoms with Crippen LogP contribution in [0.2, 0.25) is 0 Å². The van der Waals surface area contributed by atoms with Crippen LogP contribution in [0.1, 0.15) is 16.7 Å². The van der Waals surface area contributed by atoms with E-state index in [1.165, 1.54) is 0 Å². The summed E-state index contributed by atoms with van der Waals surface area (Å²) >= 11 is 0. The molecule has 4 aromatic rings. The van der Waals surface area contributed by atoms with Gasteiger partial charge in [0.15, 0.2) is 6.61 Å². The number of hydrogen-bond acceptors (Lipinski definition) is 7. The normalized spacial score (nSPS) is 13.3. The molecule has 2 heterocycles. The maximum atomic E-state index is 12.1. The minimum atomic E-state index is -0.784. The largest absolute Gasteiger partial charge is 0.489 e. The van der Waals surface area contributed by atoms with Crippen LogP contribution in [-0.4, -0.2) is 51.4 Å². The van der Waals surface area contributed by atoms with Crippen LogP contribution in [0, 0.1) is 6.92 Å². The topological polar surface area (TPSA) is 127 Å². The van der Waals surface area contributed by atoms with Gasteiger partial charge < -0.3 is 24.0 Å². The molecule has 0 unspecified atom stereocenters. The predicted octanol–water partition coefficient (Wildman–Crippen LogP) is 2.31. The predicted molar refractivity (Wildman–Crippen MR) is 138 cm³/mol. The van der Waals surface area contributed by atoms with Crippen LogP contribution in [0.15, 0.2) is 80.8 Å². The van der Waals surface area contributed by atoms with Gasteiger partial charge in [-0.1, -0.05) is 36.4 Å². The second-order valence-electron chi connectivity index (χ2n) is 9.20. The van der Waals surface area contributed by atoms with Gasteiger partial charge in [0.25, 0.3) is 5.91 Å². The van der Waals surface area contributed by atoms with Gasteiger partial charge in [0.05, 0.1) is 12.6 Å². The molecule has 5 rings (SSSR count). The van der Waals surface area contributed by atoms with Gasteiger partial charge in [0.1, 0.15) is 18.1 Å². The van der Waals surface area contributed by atoms with Gasteiger partial charge in [0.2, 0.25) is 0 Å². The number of aryl methyl sites for hydroxylation is 1. The lowest BCUT2D eigenvalue weighted by atomic mass is 9.99. The molecule has 1 fully saturated rings. The van der Waals surface area contributed by atoms with E-state index in [-0.39, 0.29) is 19.1 Å². The summed E-state index contributed by atoms with van der Waals surface area (Å²) < 4.78 is 17.4. The quantitative estimate of drug-likeness (QED) is 0.349. The van der Waals surface area contributed by atoms with E-state index in [0.29, 0.717) is 31.2 Å². The van der Waals surface area contributed by atoms with E-state index < -0.39 is 17.5 Å². The number of aromatic amines is 1. The zero-order valence-corrected chi connectivity index (χ0v) is 20.8. The Kier molecular flexibility index (Phi) is 7.14. The van der Waals surface area contributed by atoms with Gasteiger partial charge >= 0.3 is 11.4 Å². The third-order valence-electron chi connectivity index (χ3n) is 6.30. The molecule has 38 heavy (non-hydrogen) atoms. The molecule has 1 aromatic heterocycles. The Morgan fingerprint density at radius 2 is 1.76 bits per heavy atom. The fourth-order valence-electron chi connectivity index (χ4n) is 4.22. The van der Waals surface area contributed by atoms with Crippen LogP contribution in [0.25, 0.3) is 11.1 Å². The fourth-order valence-corrected chi connectivity index (χ4v) is 4.22. The molecule has 10 heteroatoms. The highest BCUT2D eigenvalue weighted by atomic mass is 16.5. The molecule has 0 saturated carbocycles. The summed E-state index contributed by atoms with van der Waals surface area (Å²) in [5.74, 6) is 0.367. The van der Waals surface area contributed by atoms with Crippen LogP contribution in [0.4, 0.5) is 0 Å². The first kappa shape index (κ1) is 25.1. The zero-order chi connectivity index (χ0) is 26.6. The first-order valence-corrected chi connectivity index (χ1v) is 12.1. The van der Waals surface area contributed by atoms with Crippen LogP contribution in [-0.2, 0) is 17.9 Å². The minimum absolute atomic E-state index is 0.0552. The highest BCUT2D eigenvalue weighted by Gasteiger charge is 2.28. The molecular weight excluding hydrogens is 490 g/mol. The number of rotatable bonds is 9. The first-order valence-electron chi connectivity index (χ1n) is 12.1. The second kappa shape index (κ2) is 10.8. The molecule has 1 saturated heterocycles. The van der Waals surface area contributed by atoms with E-state index in [1.807, 2.05) is 43.3 Å². The van der Waals surface area contributed by atoms with Gasteiger partial charge in [0, 0.05) is 13.1 Å². The summed E-state index contributed by atoms with van der Waals surface area (Å²) in [6.07, 6.45) is -0.428. The average Bonchev–Trinajstić information content (AvgIpc) is 3.21. The van der Waals surface area contributed by atoms with Crippen molar-refractivity contribution in [2.24, 2.45) is 0 Å². The summed E-state index contributed by atoms with van der Waals surface area (Å²) in [5, 5.41) is 9.34. The number of aliphatic hydroxyl groups is 1. The lowest BCUT2D eigenvalue weighted by Crippen LogP contribution is -2.54. The Balaban J connectivity index is 1.18. The number of aromatic nitrogens is 2. The average molecular weight is 518 g/mol. The standard InChI is InChI=1S/C28H27N3O7/c1-18-11-24(37-17-26(33)30-14-22(32)15-30)9-10-25(18)21-4-2-3-20(12-21)16-36-23-7-5-19(6-8-23)13-31-27(34)29-28(35)38-31/h2-12,22,32H,13-17H2,1H3,(H,29,34,35). The molecule has 1 aliphatic heterocycles. The van der Waals surface area contributed by atoms with Crippen molar-refractivity contribution in [3.05, 3.63) is 104 Å². The molecule has 0 radical (unpaired) electrons. The Labute approximate surface area is 217 Å². The van der Waals surface area contributed by atoms with Crippen molar-refractivity contribution in [2.45, 2.75) is 26.2 Å². The van der Waals surface area contributed by atoms with E-state index in [1.54, 1.807) is 29.2 Å². The van der Waals surface area contributed by atoms with Crippen LogP contribution >= 0.6 is 0 Å². The number of nitrogens with zero attached hydrogens (tertiary/aromatic N) is 2. The number of ether oxygens (including phenoxy) is 2. The van der Waals surface area contributed by atoms with Crippen molar-refractivity contribution >= 4 is 5.91 Å². The van der Waals surface area contributed by atoms with Crippen molar-refractivity contribution in [3.63, 3.8) is 0 Å². The van der Waals surface area contributed by atoms with E-state index in [2.05, 4.69) is 11.1 Å². The number of nitrogens with one attached hydrogen (secondary N) is 1. The zero-order valence-electron chi connectivity index (χ0n) is 20.8. The van der Waals surface area contributed by atoms with Gasteiger partial charge in [-0.15, -0.1) is 4.74 Å². The lowest BCUT2D eigenvalue weighted by Gasteiger charge is -2.35. The summed E-state index contributed by atoms with van der Waals surface area (Å²) in [6, 6.07) is 21.0. The van der Waals surface area contributed by atoms with Crippen LogP contribution in [0.3, 0.4) is 0 Å². The second-order valence-corrected chi connectivity index (χ2v) is 9.20. The summed E-state index contributed by atoms with van der Waals surface area (Å²) in [7, 11) is 0. The van der Waals surface area contributed by atoms with Crippen LogP contribution < -0.4 is 20.9 Å². The Hall–Kier alpha value is -4.57. The molecule has 10 nitrogen and oxygen atoms in total. The molecular formula is C28H27N3O7. The molecule has 1 amide bonds. The number of amides is 1. The van der Waals surface area contributed by atoms with Gasteiger partial charge in [-0.3, -0.25) is 4.79 Å². The Morgan fingerprint density at radius 3 is 2.45 bits per heavy atom. The number of carbonyl (C=O) groups is 1. The maximum Gasteiger partial charge on any atom is 0.440 e. The van der Waals surface area contributed by atoms with E-state index >= 15 is 0 Å². The van der Waals surface area contributed by atoms with Gasteiger partial charge in [-0.2, -0.15) is 0 Å². The number of hydrogen-bond donors (Lipinski definition) is 2. The Bertz CT molecular complexity index is 1550. The number of benzene rings is 3. The van der Waals surface area contributed by atoms with Crippen molar-refractivity contribution in [2.75, 3.05) is 19.7 Å². The molecule has 0 bridgehead atoms. The molecule has 196 valence electrons. The van der Waals surface area contributed by atoms with Crippen molar-refractivity contribution in [1.82, 2.24) is 14.6 Å². The summed E-state index contributed by atoms with van der Waals surface area (Å²) in [5.41, 5.74) is 4.29. The van der Waals surface area contributed by atoms with Crippen molar-refractivity contribution in [1.29, 1.82) is 0 Å². The summed E-state index contributed by atoms with van der Waals surface area (Å²) in [4.78, 5) is 38.4. The number of aliphatic hydroxyl groups excluding tert-OH is 1. The molecule has 0 spiro atoms. The van der Waals surface area contributed by atoms with E-state index in [9.17, 15) is 19.5 Å². The molecule has 1 aliphatic rings. The van der Waals surface area contributed by atoms with Crippen molar-refractivity contribution < 1.29 is 23.9 Å². The Morgan fingerprint density at radius 1 is 1.00 bits per heavy atom. The monoisotopic (exact) mass is 517 g/mol. The number of β-amino-alcohol motifs (C(OH)–C–C–N with tert-alkyl or cyclic N) is 1. The van der Waals surface area contributed by atoms with Crippen LogP contribution in [0.5, 0.6) is 11.5 Å². The van der Waals surface area contributed by atoms with Crippen molar-refractivity contribution in [3.8, 4) is 22.6 Å². The summed E-state index contributed by atoms with van der Waals surface area (Å²) in [6.45, 7) is 3.17. The molecule has 0 aliphatic carbocycles. The van der Waals surface area contributed by atoms with E-state index in [4.69, 9.17) is 14.0 Å². The third kappa shape index (κ3) is 5.87. The third-order valence-corrected chi connectivity index (χ3v) is 6.30. The highest BCUT2D eigenvalue weighted by molar-refractivity contribution is 5.78. The minimum Gasteiger partial charge on any atom is -0.489 e. The molecule has 3 aromatic carbocycles. The smallest absolute Gasteiger partial charge is 0.440 e. The number of likely N-dealkylation sites (tertiary alicyclic amines) is 1. The van der Waals surface area contributed by atoms with Gasteiger partial charge in [-0.05, 0) is 65.1 Å².